The molecule has 0 aromatic heterocycles. The molecule has 0 saturated heterocycles. The van der Waals surface area contributed by atoms with Crippen LogP contribution in [0.5, 0.6) is 0 Å². The summed E-state index contributed by atoms with van der Waals surface area (Å²) in [6, 6.07) is 6.77. The number of amides is 2. The number of alkyl carbamates (subject to hydrolysis) is 1. The Kier molecular flexibility index (Phi) is 5.44. The predicted octanol–water partition coefficient (Wildman–Crippen LogP) is 2.22. The van der Waals surface area contributed by atoms with E-state index < -0.39 is 24.4 Å². The van der Waals surface area contributed by atoms with Crippen LogP contribution in [-0.4, -0.2) is 25.3 Å². The van der Waals surface area contributed by atoms with Crippen LogP contribution in [0, 0.1) is 0 Å². The molecule has 104 valence electrons. The third kappa shape index (κ3) is 4.33. The molecule has 0 radical (unpaired) electrons. The van der Waals surface area contributed by atoms with Gasteiger partial charge in [0.1, 0.15) is 6.10 Å². The Morgan fingerprint density at radius 2 is 1.95 bits per heavy atom. The van der Waals surface area contributed by atoms with Crippen molar-refractivity contribution < 1.29 is 19.1 Å². The van der Waals surface area contributed by atoms with Crippen LogP contribution < -0.4 is 11.1 Å². The van der Waals surface area contributed by atoms with E-state index in [1.54, 1.807) is 31.2 Å². The summed E-state index contributed by atoms with van der Waals surface area (Å²) >= 11 is 6.03. The minimum atomic E-state index is -0.975. The van der Waals surface area contributed by atoms with Crippen molar-refractivity contribution in [3.05, 3.63) is 34.9 Å². The van der Waals surface area contributed by atoms with Gasteiger partial charge in [0.25, 0.3) is 0 Å². The molecule has 1 rings (SSSR count). The minimum absolute atomic E-state index is 0.390. The van der Waals surface area contributed by atoms with Crippen molar-refractivity contribution in [2.24, 2.45) is 5.73 Å². The van der Waals surface area contributed by atoms with Crippen LogP contribution in [0.3, 0.4) is 0 Å². The summed E-state index contributed by atoms with van der Waals surface area (Å²) in [4.78, 5) is 22.1. The van der Waals surface area contributed by atoms with E-state index in [1.165, 1.54) is 7.05 Å². The lowest BCUT2D eigenvalue weighted by atomic mass is 10.1. The van der Waals surface area contributed by atoms with Crippen molar-refractivity contribution >= 4 is 23.8 Å². The van der Waals surface area contributed by atoms with Gasteiger partial charge < -0.3 is 20.5 Å². The van der Waals surface area contributed by atoms with Gasteiger partial charge >= 0.3 is 12.2 Å². The van der Waals surface area contributed by atoms with Gasteiger partial charge in [-0.3, -0.25) is 0 Å². The molecule has 7 heteroatoms. The van der Waals surface area contributed by atoms with Crippen molar-refractivity contribution in [2.75, 3.05) is 7.05 Å². The lowest BCUT2D eigenvalue weighted by Crippen LogP contribution is -2.32. The fourth-order valence-electron chi connectivity index (χ4n) is 1.53. The molecular formula is C12H15ClN2O4. The second-order valence-corrected chi connectivity index (χ2v) is 4.15. The predicted molar refractivity (Wildman–Crippen MR) is 69.9 cm³/mol. The molecule has 0 bridgehead atoms. The third-order valence-electron chi connectivity index (χ3n) is 2.38. The molecule has 6 nitrogen and oxygen atoms in total. The first-order valence-electron chi connectivity index (χ1n) is 5.54. The van der Waals surface area contributed by atoms with Crippen LogP contribution in [0.15, 0.2) is 24.3 Å². The molecule has 2 amide bonds. The largest absolute Gasteiger partial charge is 0.442 e. The number of carbonyl (C=O) groups excluding carboxylic acids is 2. The lowest BCUT2D eigenvalue weighted by molar-refractivity contribution is 0.00173. The zero-order chi connectivity index (χ0) is 14.4. The maximum atomic E-state index is 11.2. The molecule has 0 heterocycles. The topological polar surface area (TPSA) is 90.7 Å². The van der Waals surface area contributed by atoms with E-state index in [9.17, 15) is 9.59 Å². The van der Waals surface area contributed by atoms with Crippen LogP contribution >= 0.6 is 11.6 Å². The SMILES string of the molecule is CNC(=O)OC(C)C(OC(N)=O)c1ccccc1Cl. The number of hydrogen-bond donors (Lipinski definition) is 2. The van der Waals surface area contributed by atoms with Crippen molar-refractivity contribution in [3.8, 4) is 0 Å². The monoisotopic (exact) mass is 286 g/mol. The first-order valence-corrected chi connectivity index (χ1v) is 5.92. The zero-order valence-electron chi connectivity index (χ0n) is 10.6. The maximum absolute atomic E-state index is 11.2. The Labute approximate surface area is 115 Å². The van der Waals surface area contributed by atoms with E-state index in [0.717, 1.165) is 0 Å². The van der Waals surface area contributed by atoms with Crippen LogP contribution in [0.1, 0.15) is 18.6 Å². The smallest absolute Gasteiger partial charge is 0.407 e. The number of benzene rings is 1. The molecule has 2 unspecified atom stereocenters. The zero-order valence-corrected chi connectivity index (χ0v) is 11.3. The molecule has 1 aromatic rings. The summed E-state index contributed by atoms with van der Waals surface area (Å²) in [5, 5.41) is 2.69. The highest BCUT2D eigenvalue weighted by Gasteiger charge is 2.27. The number of nitrogens with two attached hydrogens (primary N) is 1. The van der Waals surface area contributed by atoms with E-state index in [2.05, 4.69) is 5.32 Å². The second-order valence-electron chi connectivity index (χ2n) is 3.74. The molecule has 1 aromatic carbocycles. The number of hydrogen-bond acceptors (Lipinski definition) is 4. The maximum Gasteiger partial charge on any atom is 0.407 e. The minimum Gasteiger partial charge on any atom is -0.442 e. The van der Waals surface area contributed by atoms with E-state index in [-0.39, 0.29) is 0 Å². The lowest BCUT2D eigenvalue weighted by Gasteiger charge is -2.24. The summed E-state index contributed by atoms with van der Waals surface area (Å²) in [7, 11) is 1.43. The van der Waals surface area contributed by atoms with Crippen molar-refractivity contribution in [3.63, 3.8) is 0 Å². The Morgan fingerprint density at radius 1 is 1.32 bits per heavy atom. The van der Waals surface area contributed by atoms with E-state index in [1.807, 2.05) is 0 Å². The van der Waals surface area contributed by atoms with Gasteiger partial charge in [0.15, 0.2) is 6.10 Å². The normalized spacial score (nSPS) is 13.2. The van der Waals surface area contributed by atoms with E-state index in [0.29, 0.717) is 10.6 Å². The summed E-state index contributed by atoms with van der Waals surface area (Å²) in [5.74, 6) is 0. The van der Waals surface area contributed by atoms with Crippen LogP contribution in [0.4, 0.5) is 9.59 Å². The number of rotatable bonds is 4. The van der Waals surface area contributed by atoms with Gasteiger partial charge in [0.2, 0.25) is 0 Å². The van der Waals surface area contributed by atoms with E-state index in [4.69, 9.17) is 26.8 Å². The number of primary amides is 1. The van der Waals surface area contributed by atoms with Gasteiger partial charge in [-0.2, -0.15) is 0 Å². The average molecular weight is 287 g/mol. The van der Waals surface area contributed by atoms with Gasteiger partial charge in [-0.15, -0.1) is 0 Å². The highest BCUT2D eigenvalue weighted by Crippen LogP contribution is 2.29. The number of ether oxygens (including phenoxy) is 2. The van der Waals surface area contributed by atoms with Crippen molar-refractivity contribution in [1.29, 1.82) is 0 Å². The van der Waals surface area contributed by atoms with Gasteiger partial charge in [-0.1, -0.05) is 29.8 Å². The quantitative estimate of drug-likeness (QED) is 0.888. The number of halogens is 1. The standard InChI is InChI=1S/C12H15ClN2O4/c1-7(18-12(17)15-2)10(19-11(14)16)8-5-3-4-6-9(8)13/h3-7,10H,1-2H3,(H2,14,16)(H,15,17). The third-order valence-corrected chi connectivity index (χ3v) is 2.72. The van der Waals surface area contributed by atoms with Crippen LogP contribution in [-0.2, 0) is 9.47 Å². The highest BCUT2D eigenvalue weighted by atomic mass is 35.5. The molecule has 0 aliphatic rings. The second kappa shape index (κ2) is 6.84. The highest BCUT2D eigenvalue weighted by molar-refractivity contribution is 6.31. The van der Waals surface area contributed by atoms with Gasteiger partial charge in [-0.25, -0.2) is 9.59 Å². The summed E-state index contributed by atoms with van der Waals surface area (Å²) in [6.07, 6.45) is -3.23. The number of nitrogens with one attached hydrogen (secondary N) is 1. The molecular weight excluding hydrogens is 272 g/mol. The molecule has 0 aliphatic heterocycles. The Bertz CT molecular complexity index is 467. The average Bonchev–Trinajstić information content (AvgIpc) is 2.36. The Balaban J connectivity index is 2.98. The van der Waals surface area contributed by atoms with Gasteiger partial charge in [0, 0.05) is 17.6 Å². The fourth-order valence-corrected chi connectivity index (χ4v) is 1.78. The molecule has 0 fully saturated rings. The van der Waals surface area contributed by atoms with E-state index >= 15 is 0 Å². The molecule has 0 spiro atoms. The summed E-state index contributed by atoms with van der Waals surface area (Å²) in [6.45, 7) is 1.58. The van der Waals surface area contributed by atoms with Crippen LogP contribution in [0.25, 0.3) is 0 Å². The first kappa shape index (κ1) is 15.1. The summed E-state index contributed by atoms with van der Waals surface area (Å²) < 4.78 is 10.0. The molecule has 19 heavy (non-hydrogen) atoms. The first-order chi connectivity index (χ1) is 8.95. The number of carbonyl (C=O) groups is 2. The molecule has 3 N–H and O–H groups in total. The molecule has 0 aliphatic carbocycles. The Morgan fingerprint density at radius 3 is 2.47 bits per heavy atom. The van der Waals surface area contributed by atoms with Crippen molar-refractivity contribution in [1.82, 2.24) is 5.32 Å². The van der Waals surface area contributed by atoms with Gasteiger partial charge in [0.05, 0.1) is 0 Å². The molecule has 2 atom stereocenters. The molecule has 0 saturated carbocycles. The summed E-state index contributed by atoms with van der Waals surface area (Å²) in [5.41, 5.74) is 5.53. The Hall–Kier alpha value is -1.95. The fraction of sp³-hybridized carbons (Fsp3) is 0.333. The van der Waals surface area contributed by atoms with Gasteiger partial charge in [-0.05, 0) is 13.0 Å². The van der Waals surface area contributed by atoms with Crippen molar-refractivity contribution in [2.45, 2.75) is 19.1 Å². The van der Waals surface area contributed by atoms with Crippen LogP contribution in [0.2, 0.25) is 5.02 Å².